The molecule has 1 saturated heterocycles. The highest BCUT2D eigenvalue weighted by atomic mass is 127. The summed E-state index contributed by atoms with van der Waals surface area (Å²) in [7, 11) is 3.81. The average Bonchev–Trinajstić information content (AvgIpc) is 2.73. The van der Waals surface area contributed by atoms with Gasteiger partial charge in [-0.1, -0.05) is 6.92 Å². The largest absolute Gasteiger partial charge is 0.380 e. The number of nitrogens with zero attached hydrogens (tertiary/aromatic N) is 2. The Balaban J connectivity index is 0.00000180. The number of ether oxygens (including phenoxy) is 1. The molecule has 2 rings (SSSR count). The molecule has 5 nitrogen and oxygen atoms in total. The number of nitrogens with one attached hydrogen (secondary N) is 2. The predicted octanol–water partition coefficient (Wildman–Crippen LogP) is 1.34. The van der Waals surface area contributed by atoms with E-state index in [2.05, 4.69) is 34.8 Å². The molecule has 0 atom stereocenters. The zero-order valence-electron chi connectivity index (χ0n) is 11.8. The normalized spacial score (nSPS) is 17.3. The number of hydrogen-bond acceptors (Lipinski definition) is 2. The molecule has 2 heterocycles. The Kier molecular flexibility index (Phi) is 6.12. The Hall–Kier alpha value is -0.760. The lowest BCUT2D eigenvalue weighted by Crippen LogP contribution is -2.50. The van der Waals surface area contributed by atoms with E-state index in [0.717, 1.165) is 32.3 Å². The SMILES string of the molecule is CN=C(NCc1ccn(C)c1)NCC1(C)COC1.I. The lowest BCUT2D eigenvalue weighted by Gasteiger charge is -2.38. The van der Waals surface area contributed by atoms with E-state index >= 15 is 0 Å². The third kappa shape index (κ3) is 4.68. The summed E-state index contributed by atoms with van der Waals surface area (Å²) in [5.41, 5.74) is 1.50. The molecule has 0 spiro atoms. The highest BCUT2D eigenvalue weighted by molar-refractivity contribution is 14.0. The van der Waals surface area contributed by atoms with Gasteiger partial charge in [-0.2, -0.15) is 0 Å². The number of hydrogen-bond donors (Lipinski definition) is 2. The van der Waals surface area contributed by atoms with Crippen LogP contribution in [0.4, 0.5) is 0 Å². The fourth-order valence-electron chi connectivity index (χ4n) is 1.92. The monoisotopic (exact) mass is 378 g/mol. The minimum Gasteiger partial charge on any atom is -0.380 e. The second-order valence-corrected chi connectivity index (χ2v) is 5.27. The first-order chi connectivity index (χ1) is 8.61. The van der Waals surface area contributed by atoms with Gasteiger partial charge in [-0.3, -0.25) is 4.99 Å². The topological polar surface area (TPSA) is 50.6 Å². The first-order valence-electron chi connectivity index (χ1n) is 6.24. The van der Waals surface area contributed by atoms with Crippen molar-refractivity contribution in [1.82, 2.24) is 15.2 Å². The highest BCUT2D eigenvalue weighted by Gasteiger charge is 2.33. The Bertz CT molecular complexity index is 426. The van der Waals surface area contributed by atoms with Gasteiger partial charge < -0.3 is 19.9 Å². The quantitative estimate of drug-likeness (QED) is 0.473. The van der Waals surface area contributed by atoms with Gasteiger partial charge in [0.1, 0.15) is 0 Å². The number of rotatable bonds is 4. The van der Waals surface area contributed by atoms with Crippen LogP contribution in [-0.2, 0) is 18.3 Å². The average molecular weight is 378 g/mol. The molecule has 0 amide bonds. The van der Waals surface area contributed by atoms with Crippen LogP contribution in [0, 0.1) is 5.41 Å². The number of guanidine groups is 1. The minimum absolute atomic E-state index is 0. The molecule has 6 heteroatoms. The molecule has 1 fully saturated rings. The van der Waals surface area contributed by atoms with Crippen LogP contribution in [0.15, 0.2) is 23.5 Å². The van der Waals surface area contributed by atoms with Gasteiger partial charge in [-0.15, -0.1) is 24.0 Å². The first kappa shape index (κ1) is 16.3. The van der Waals surface area contributed by atoms with E-state index in [-0.39, 0.29) is 29.4 Å². The maximum Gasteiger partial charge on any atom is 0.191 e. The summed E-state index contributed by atoms with van der Waals surface area (Å²) >= 11 is 0. The van der Waals surface area contributed by atoms with Crippen molar-refractivity contribution in [3.8, 4) is 0 Å². The summed E-state index contributed by atoms with van der Waals surface area (Å²) < 4.78 is 7.27. The molecule has 0 bridgehead atoms. The Morgan fingerprint density at radius 2 is 2.21 bits per heavy atom. The smallest absolute Gasteiger partial charge is 0.191 e. The molecule has 0 unspecified atom stereocenters. The van der Waals surface area contributed by atoms with Gasteiger partial charge >= 0.3 is 0 Å². The highest BCUT2D eigenvalue weighted by Crippen LogP contribution is 2.24. The number of halogens is 1. The fraction of sp³-hybridized carbons (Fsp3) is 0.615. The number of aliphatic imine (C=N–C) groups is 1. The number of aryl methyl sites for hydroxylation is 1. The van der Waals surface area contributed by atoms with Crippen LogP contribution in [0.25, 0.3) is 0 Å². The van der Waals surface area contributed by atoms with Gasteiger partial charge in [0.2, 0.25) is 0 Å². The standard InChI is InChI=1S/C13H22N4O.HI/c1-13(9-18-10-13)8-16-12(14-2)15-6-11-4-5-17(3)7-11;/h4-5,7H,6,8-10H2,1-3H3,(H2,14,15,16);1H. The predicted molar refractivity (Wildman–Crippen MR) is 88.0 cm³/mol. The molecule has 1 aromatic heterocycles. The molecular formula is C13H23IN4O. The van der Waals surface area contributed by atoms with E-state index in [1.165, 1.54) is 5.56 Å². The van der Waals surface area contributed by atoms with Crippen molar-refractivity contribution in [2.45, 2.75) is 13.5 Å². The molecule has 2 N–H and O–H groups in total. The molecule has 0 aromatic carbocycles. The first-order valence-corrected chi connectivity index (χ1v) is 6.24. The summed E-state index contributed by atoms with van der Waals surface area (Å²) in [6, 6.07) is 2.10. The fourth-order valence-corrected chi connectivity index (χ4v) is 1.92. The van der Waals surface area contributed by atoms with Crippen LogP contribution in [0.2, 0.25) is 0 Å². The van der Waals surface area contributed by atoms with Gasteiger partial charge in [0.25, 0.3) is 0 Å². The molecule has 0 radical (unpaired) electrons. The van der Waals surface area contributed by atoms with Crippen molar-refractivity contribution < 1.29 is 4.74 Å². The van der Waals surface area contributed by atoms with Crippen molar-refractivity contribution in [1.29, 1.82) is 0 Å². The van der Waals surface area contributed by atoms with Crippen molar-refractivity contribution in [2.75, 3.05) is 26.8 Å². The van der Waals surface area contributed by atoms with E-state index in [0.29, 0.717) is 0 Å². The lowest BCUT2D eigenvalue weighted by atomic mass is 9.89. The van der Waals surface area contributed by atoms with Gasteiger partial charge in [-0.05, 0) is 11.6 Å². The van der Waals surface area contributed by atoms with E-state index in [1.807, 2.05) is 17.8 Å². The van der Waals surface area contributed by atoms with Gasteiger partial charge in [0.15, 0.2) is 5.96 Å². The van der Waals surface area contributed by atoms with Crippen LogP contribution in [-0.4, -0.2) is 37.3 Å². The van der Waals surface area contributed by atoms with Crippen molar-refractivity contribution in [3.63, 3.8) is 0 Å². The summed E-state index contributed by atoms with van der Waals surface area (Å²) in [6.45, 7) is 5.55. The van der Waals surface area contributed by atoms with E-state index in [4.69, 9.17) is 4.74 Å². The Labute approximate surface area is 131 Å². The summed E-state index contributed by atoms with van der Waals surface area (Å²) in [5, 5.41) is 6.65. The second kappa shape index (κ2) is 7.14. The lowest BCUT2D eigenvalue weighted by molar-refractivity contribution is -0.0971. The second-order valence-electron chi connectivity index (χ2n) is 5.27. The molecule has 1 aliphatic rings. The summed E-state index contributed by atoms with van der Waals surface area (Å²) in [5.74, 6) is 0.840. The van der Waals surface area contributed by atoms with E-state index in [1.54, 1.807) is 7.05 Å². The van der Waals surface area contributed by atoms with E-state index in [9.17, 15) is 0 Å². The zero-order chi connectivity index (χ0) is 13.0. The van der Waals surface area contributed by atoms with Gasteiger partial charge in [0, 0.05) is 45.0 Å². The van der Waals surface area contributed by atoms with Gasteiger partial charge in [-0.25, -0.2) is 0 Å². The minimum atomic E-state index is 0. The van der Waals surface area contributed by atoms with Crippen molar-refractivity contribution in [2.24, 2.45) is 17.5 Å². The van der Waals surface area contributed by atoms with E-state index < -0.39 is 0 Å². The van der Waals surface area contributed by atoms with Gasteiger partial charge in [0.05, 0.1) is 13.2 Å². The molecule has 1 aliphatic heterocycles. The molecule has 0 saturated carbocycles. The number of aromatic nitrogens is 1. The van der Waals surface area contributed by atoms with Crippen molar-refractivity contribution in [3.05, 3.63) is 24.0 Å². The van der Waals surface area contributed by atoms with Crippen LogP contribution in [0.5, 0.6) is 0 Å². The molecule has 0 aliphatic carbocycles. The van der Waals surface area contributed by atoms with Crippen molar-refractivity contribution >= 4 is 29.9 Å². The Morgan fingerprint density at radius 3 is 2.68 bits per heavy atom. The third-order valence-corrected chi connectivity index (χ3v) is 3.16. The van der Waals surface area contributed by atoms with Crippen LogP contribution in [0.3, 0.4) is 0 Å². The van der Waals surface area contributed by atoms with Crippen LogP contribution >= 0.6 is 24.0 Å². The summed E-state index contributed by atoms with van der Waals surface area (Å²) in [6.07, 6.45) is 4.14. The molecule has 1 aromatic rings. The maximum atomic E-state index is 5.23. The van der Waals surface area contributed by atoms with Crippen LogP contribution < -0.4 is 10.6 Å². The zero-order valence-corrected chi connectivity index (χ0v) is 14.1. The third-order valence-electron chi connectivity index (χ3n) is 3.16. The Morgan fingerprint density at radius 1 is 1.47 bits per heavy atom. The molecular weight excluding hydrogens is 355 g/mol. The molecule has 108 valence electrons. The maximum absolute atomic E-state index is 5.23. The van der Waals surface area contributed by atoms with Crippen LogP contribution in [0.1, 0.15) is 12.5 Å². The molecule has 19 heavy (non-hydrogen) atoms. The summed E-state index contributed by atoms with van der Waals surface area (Å²) in [4.78, 5) is 4.22.